The number of aliphatic hydroxyl groups is 1. The Balaban J connectivity index is 0.000000606. The predicted octanol–water partition coefficient (Wildman–Crippen LogP) is 1.85. The van der Waals surface area contributed by atoms with Crippen LogP contribution < -0.4 is 5.32 Å². The minimum absolute atomic E-state index is 0.168. The topological polar surface area (TPSA) is 58.6 Å². The molecule has 0 radical (unpaired) electrons. The highest BCUT2D eigenvalue weighted by Crippen LogP contribution is 2.23. The van der Waals surface area contributed by atoms with Crippen molar-refractivity contribution in [1.82, 2.24) is 5.32 Å². The summed E-state index contributed by atoms with van der Waals surface area (Å²) in [6.07, 6.45) is -0.956. The average Bonchev–Trinajstić information content (AvgIpc) is 2.74. The van der Waals surface area contributed by atoms with Gasteiger partial charge in [-0.05, 0) is 5.56 Å². The summed E-state index contributed by atoms with van der Waals surface area (Å²) in [4.78, 5) is 11.0. The molecule has 1 aliphatic heterocycles. The number of ether oxygens (including phenoxy) is 1. The molecule has 1 heterocycles. The fourth-order valence-electron chi connectivity index (χ4n) is 1.56. The Hall–Kier alpha value is -1.55. The molecule has 1 fully saturated rings. The van der Waals surface area contributed by atoms with Crippen LogP contribution in [-0.4, -0.2) is 23.9 Å². The molecule has 0 bridgehead atoms. The first-order valence-electron chi connectivity index (χ1n) is 5.44. The van der Waals surface area contributed by atoms with Gasteiger partial charge in [-0.3, -0.25) is 0 Å². The number of carbonyl (C=O) groups is 1. The maximum absolute atomic E-state index is 11.0. The lowest BCUT2D eigenvalue weighted by Gasteiger charge is -2.14. The summed E-state index contributed by atoms with van der Waals surface area (Å²) in [7, 11) is 0. The van der Waals surface area contributed by atoms with Crippen LogP contribution in [0.3, 0.4) is 0 Å². The molecule has 1 saturated heterocycles. The van der Waals surface area contributed by atoms with Crippen LogP contribution in [0.15, 0.2) is 30.3 Å². The molecule has 1 aliphatic rings. The third kappa shape index (κ3) is 2.73. The highest BCUT2D eigenvalue weighted by molar-refractivity contribution is 5.70. The number of rotatable bonds is 2. The van der Waals surface area contributed by atoms with Gasteiger partial charge in [0.05, 0.1) is 12.6 Å². The molecule has 0 spiro atoms. The highest BCUT2D eigenvalue weighted by Gasteiger charge is 2.34. The van der Waals surface area contributed by atoms with Crippen LogP contribution in [0.25, 0.3) is 0 Å². The van der Waals surface area contributed by atoms with E-state index in [2.05, 4.69) is 5.32 Å². The smallest absolute Gasteiger partial charge is 0.408 e. The van der Waals surface area contributed by atoms with Crippen LogP contribution >= 0.6 is 0 Å². The molecule has 1 aromatic carbocycles. The molecule has 1 amide bonds. The van der Waals surface area contributed by atoms with E-state index in [1.54, 1.807) is 0 Å². The van der Waals surface area contributed by atoms with Gasteiger partial charge in [-0.2, -0.15) is 0 Å². The fourth-order valence-corrected chi connectivity index (χ4v) is 1.56. The van der Waals surface area contributed by atoms with E-state index in [1.165, 1.54) is 0 Å². The molecule has 2 atom stereocenters. The van der Waals surface area contributed by atoms with Gasteiger partial charge in [-0.1, -0.05) is 44.2 Å². The largest absolute Gasteiger partial charge is 0.441 e. The van der Waals surface area contributed by atoms with Crippen LogP contribution in [0.2, 0.25) is 0 Å². The number of nitrogens with one attached hydrogen (secondary N) is 1. The van der Waals surface area contributed by atoms with Crippen molar-refractivity contribution >= 4 is 6.09 Å². The normalized spacial score (nSPS) is 22.8. The lowest BCUT2D eigenvalue weighted by molar-refractivity contribution is 0.0829. The molecule has 0 aliphatic carbocycles. The third-order valence-corrected chi connectivity index (χ3v) is 2.24. The van der Waals surface area contributed by atoms with Crippen molar-refractivity contribution in [2.24, 2.45) is 0 Å². The Labute approximate surface area is 95.2 Å². The van der Waals surface area contributed by atoms with Gasteiger partial charge in [0.1, 0.15) is 0 Å². The number of alkyl carbamates (subject to hydrolysis) is 1. The molecule has 1 aromatic rings. The summed E-state index contributed by atoms with van der Waals surface area (Å²) in [6, 6.07) is 9.20. The van der Waals surface area contributed by atoms with Gasteiger partial charge in [0.2, 0.25) is 0 Å². The zero-order valence-electron chi connectivity index (χ0n) is 9.51. The van der Waals surface area contributed by atoms with Crippen molar-refractivity contribution in [3.63, 3.8) is 0 Å². The molecular weight excluding hydrogens is 206 g/mol. The van der Waals surface area contributed by atoms with Crippen molar-refractivity contribution in [2.45, 2.75) is 26.0 Å². The van der Waals surface area contributed by atoms with E-state index in [0.717, 1.165) is 5.56 Å². The van der Waals surface area contributed by atoms with E-state index >= 15 is 0 Å². The Morgan fingerprint density at radius 1 is 1.31 bits per heavy atom. The van der Waals surface area contributed by atoms with Crippen LogP contribution in [0.4, 0.5) is 4.79 Å². The zero-order valence-corrected chi connectivity index (χ0v) is 9.51. The molecule has 2 rings (SSSR count). The van der Waals surface area contributed by atoms with Crippen molar-refractivity contribution in [2.75, 3.05) is 6.61 Å². The molecular formula is C12H17NO3. The standard InChI is InChI=1S/C10H11NO3.C2H6/c12-6-8-9(11-10(13)14-8)7-4-2-1-3-5-7;1-2/h1-5,8-9,12H,6H2,(H,11,13);1-2H3. The minimum atomic E-state index is -0.482. The molecule has 2 unspecified atom stereocenters. The maximum atomic E-state index is 11.0. The lowest BCUT2D eigenvalue weighted by Crippen LogP contribution is -2.24. The van der Waals surface area contributed by atoms with Gasteiger partial charge in [-0.15, -0.1) is 0 Å². The second-order valence-corrected chi connectivity index (χ2v) is 3.16. The molecule has 4 heteroatoms. The Kier molecular flexibility index (Phi) is 4.79. The quantitative estimate of drug-likeness (QED) is 0.804. The van der Waals surface area contributed by atoms with Crippen LogP contribution in [-0.2, 0) is 4.74 Å². The first kappa shape index (κ1) is 12.5. The maximum Gasteiger partial charge on any atom is 0.408 e. The first-order valence-corrected chi connectivity index (χ1v) is 5.44. The number of amides is 1. The molecule has 88 valence electrons. The molecule has 0 aromatic heterocycles. The van der Waals surface area contributed by atoms with Crippen molar-refractivity contribution < 1.29 is 14.6 Å². The number of hydrogen-bond donors (Lipinski definition) is 2. The van der Waals surface area contributed by atoms with E-state index in [9.17, 15) is 4.79 Å². The van der Waals surface area contributed by atoms with Gasteiger partial charge in [0.25, 0.3) is 0 Å². The van der Waals surface area contributed by atoms with Crippen LogP contribution in [0.5, 0.6) is 0 Å². The molecule has 2 N–H and O–H groups in total. The summed E-state index contributed by atoms with van der Waals surface area (Å²) < 4.78 is 4.88. The number of hydrogen-bond acceptors (Lipinski definition) is 3. The van der Waals surface area contributed by atoms with Gasteiger partial charge in [0, 0.05) is 0 Å². The number of benzene rings is 1. The van der Waals surface area contributed by atoms with E-state index in [1.807, 2.05) is 44.2 Å². The number of cyclic esters (lactones) is 1. The van der Waals surface area contributed by atoms with Crippen molar-refractivity contribution in [3.05, 3.63) is 35.9 Å². The Bertz CT molecular complexity index is 326. The van der Waals surface area contributed by atoms with E-state index in [4.69, 9.17) is 9.84 Å². The number of aliphatic hydroxyl groups excluding tert-OH is 1. The van der Waals surface area contributed by atoms with Gasteiger partial charge in [0.15, 0.2) is 6.10 Å². The number of carbonyl (C=O) groups excluding carboxylic acids is 1. The third-order valence-electron chi connectivity index (χ3n) is 2.24. The van der Waals surface area contributed by atoms with E-state index in [-0.39, 0.29) is 12.6 Å². The van der Waals surface area contributed by atoms with Crippen LogP contribution in [0, 0.1) is 0 Å². The van der Waals surface area contributed by atoms with E-state index in [0.29, 0.717) is 0 Å². The van der Waals surface area contributed by atoms with Crippen molar-refractivity contribution in [3.8, 4) is 0 Å². The predicted molar refractivity (Wildman–Crippen MR) is 61.0 cm³/mol. The Morgan fingerprint density at radius 3 is 2.50 bits per heavy atom. The summed E-state index contributed by atoms with van der Waals surface area (Å²) >= 11 is 0. The SMILES string of the molecule is CC.O=C1NC(c2ccccc2)C(CO)O1. The lowest BCUT2D eigenvalue weighted by atomic mass is 10.0. The minimum Gasteiger partial charge on any atom is -0.441 e. The Morgan fingerprint density at radius 2 is 1.94 bits per heavy atom. The van der Waals surface area contributed by atoms with Gasteiger partial charge >= 0.3 is 6.09 Å². The monoisotopic (exact) mass is 223 g/mol. The van der Waals surface area contributed by atoms with Crippen LogP contribution in [0.1, 0.15) is 25.5 Å². The molecule has 0 saturated carbocycles. The summed E-state index contributed by atoms with van der Waals surface area (Å²) in [6.45, 7) is 3.83. The second-order valence-electron chi connectivity index (χ2n) is 3.16. The molecule has 4 nitrogen and oxygen atoms in total. The summed E-state index contributed by atoms with van der Waals surface area (Å²) in [5.41, 5.74) is 0.942. The molecule has 16 heavy (non-hydrogen) atoms. The first-order chi connectivity index (χ1) is 7.81. The van der Waals surface area contributed by atoms with Gasteiger partial charge in [-0.25, -0.2) is 4.79 Å². The summed E-state index contributed by atoms with van der Waals surface area (Å²) in [5.74, 6) is 0. The van der Waals surface area contributed by atoms with Gasteiger partial charge < -0.3 is 15.2 Å². The zero-order chi connectivity index (χ0) is 12.0. The van der Waals surface area contributed by atoms with Crippen molar-refractivity contribution in [1.29, 1.82) is 0 Å². The highest BCUT2D eigenvalue weighted by atomic mass is 16.6. The second kappa shape index (κ2) is 6.12. The van der Waals surface area contributed by atoms with E-state index < -0.39 is 12.2 Å². The summed E-state index contributed by atoms with van der Waals surface area (Å²) in [5, 5.41) is 11.6. The fraction of sp³-hybridized carbons (Fsp3) is 0.417. The average molecular weight is 223 g/mol.